The van der Waals surface area contributed by atoms with E-state index in [1.807, 2.05) is 0 Å². The number of piperidine rings is 1. The topological polar surface area (TPSA) is 4.44 Å². The molecule has 1 heterocycles. The van der Waals surface area contributed by atoms with Crippen LogP contribution in [-0.2, 0) is 0 Å². The molecule has 3 aromatic rings. The second kappa shape index (κ2) is 10.8. The summed E-state index contributed by atoms with van der Waals surface area (Å²) in [7, 11) is 0. The van der Waals surface area contributed by atoms with Crippen molar-refractivity contribution in [2.75, 3.05) is 13.1 Å². The smallest absolute Gasteiger partial charge is 0.200 e. The summed E-state index contributed by atoms with van der Waals surface area (Å²) < 4.78 is 144. The van der Waals surface area contributed by atoms with Crippen molar-refractivity contribution < 1.29 is 48.8 Å². The minimum absolute atomic E-state index is 0.514. The zero-order valence-electron chi connectivity index (χ0n) is 19.2. The standard InChI is InChI=1S/C25H19BF10N/c27-16-14(17(28)21(32)24(35)20(16)31)26(15-18(29)22(33)25(36)23(34)19(15)30)11-13(12-7-3-1-4-8-12)37-9-5-2-6-10-37/h1,3-4,7-8,13,26H,2,5-6,9-11H2/q-1/p+1/t13-/m0/s1. The zero-order chi connectivity index (χ0) is 27.0. The lowest BCUT2D eigenvalue weighted by molar-refractivity contribution is -0.934. The van der Waals surface area contributed by atoms with Gasteiger partial charge in [0.2, 0.25) is 0 Å². The summed E-state index contributed by atoms with van der Waals surface area (Å²) in [6, 6.07) is 7.32. The van der Waals surface area contributed by atoms with Gasteiger partial charge in [-0.2, -0.15) is 0 Å². The molecule has 0 aromatic heterocycles. The molecule has 1 N–H and O–H groups in total. The fraction of sp³-hybridized carbons (Fsp3) is 0.280. The van der Waals surface area contributed by atoms with E-state index < -0.39 is 88.2 Å². The number of benzene rings is 3. The summed E-state index contributed by atoms with van der Waals surface area (Å²) in [6.07, 6.45) is 1.69. The lowest BCUT2D eigenvalue weighted by atomic mass is 9.36. The number of halogens is 10. The van der Waals surface area contributed by atoms with E-state index in [9.17, 15) is 43.9 Å². The third-order valence-corrected chi connectivity index (χ3v) is 7.22. The first kappa shape index (κ1) is 27.0. The van der Waals surface area contributed by atoms with E-state index in [4.69, 9.17) is 0 Å². The van der Waals surface area contributed by atoms with Crippen molar-refractivity contribution >= 4 is 17.6 Å². The third-order valence-electron chi connectivity index (χ3n) is 7.22. The lowest BCUT2D eigenvalue weighted by Gasteiger charge is -2.37. The van der Waals surface area contributed by atoms with Crippen molar-refractivity contribution in [3.8, 4) is 0 Å². The molecule has 1 aliphatic heterocycles. The average molecular weight is 535 g/mol. The van der Waals surface area contributed by atoms with E-state index in [-0.39, 0.29) is 0 Å². The van der Waals surface area contributed by atoms with Gasteiger partial charge in [-0.1, -0.05) is 30.3 Å². The molecule has 1 saturated heterocycles. The Bertz CT molecular complexity index is 1180. The zero-order valence-corrected chi connectivity index (χ0v) is 19.2. The van der Waals surface area contributed by atoms with E-state index in [0.717, 1.165) is 24.2 Å². The predicted molar refractivity (Wildman–Crippen MR) is 117 cm³/mol. The second-order valence-corrected chi connectivity index (χ2v) is 9.24. The highest BCUT2D eigenvalue weighted by Gasteiger charge is 2.36. The molecule has 1 aliphatic rings. The van der Waals surface area contributed by atoms with Gasteiger partial charge in [0.25, 0.3) is 0 Å². The number of quaternary nitrogens is 1. The Balaban J connectivity index is 2.00. The van der Waals surface area contributed by atoms with Crippen LogP contribution in [0.2, 0.25) is 6.32 Å². The molecular weight excluding hydrogens is 515 g/mol. The first-order valence-electron chi connectivity index (χ1n) is 11.7. The summed E-state index contributed by atoms with van der Waals surface area (Å²) in [5.41, 5.74) is -2.65. The van der Waals surface area contributed by atoms with E-state index in [0.29, 0.717) is 18.7 Å². The van der Waals surface area contributed by atoms with Crippen LogP contribution >= 0.6 is 0 Å². The van der Waals surface area contributed by atoms with Crippen LogP contribution in [0.25, 0.3) is 0 Å². The van der Waals surface area contributed by atoms with Crippen LogP contribution in [0.3, 0.4) is 0 Å². The van der Waals surface area contributed by atoms with Crippen molar-refractivity contribution in [2.24, 2.45) is 0 Å². The summed E-state index contributed by atoms with van der Waals surface area (Å²) >= 11 is 0. The van der Waals surface area contributed by atoms with Gasteiger partial charge in [-0.05, 0) is 19.3 Å². The summed E-state index contributed by atoms with van der Waals surface area (Å²) in [4.78, 5) is 0.794. The summed E-state index contributed by atoms with van der Waals surface area (Å²) in [5.74, 6) is -24.0. The number of hydrogen-bond acceptors (Lipinski definition) is 0. The first-order valence-corrected chi connectivity index (χ1v) is 11.7. The molecule has 0 radical (unpaired) electrons. The van der Waals surface area contributed by atoms with Gasteiger partial charge in [-0.15, -0.1) is 17.2 Å². The monoisotopic (exact) mass is 535 g/mol. The molecule has 0 spiro atoms. The molecule has 198 valence electrons. The largest absolute Gasteiger partial charge is 0.331 e. The van der Waals surface area contributed by atoms with Gasteiger partial charge >= 0.3 is 0 Å². The highest BCUT2D eigenvalue weighted by Crippen LogP contribution is 2.25. The Morgan fingerprint density at radius 3 is 1.32 bits per heavy atom. The Hall–Kier alpha value is -3.02. The maximum Gasteiger partial charge on any atom is 0.200 e. The molecule has 1 atom stereocenters. The number of nitrogens with one attached hydrogen (secondary N) is 1. The molecule has 0 amide bonds. The molecule has 12 heteroatoms. The maximum absolute atomic E-state index is 15.0. The minimum Gasteiger partial charge on any atom is -0.331 e. The van der Waals surface area contributed by atoms with E-state index in [2.05, 4.69) is 0 Å². The second-order valence-electron chi connectivity index (χ2n) is 9.24. The van der Waals surface area contributed by atoms with Crippen LogP contribution in [0, 0.1) is 58.2 Å². The Labute approximate surface area is 205 Å². The molecule has 0 bridgehead atoms. The van der Waals surface area contributed by atoms with Gasteiger partial charge in [-0.3, -0.25) is 0 Å². The molecule has 4 rings (SSSR count). The van der Waals surface area contributed by atoms with E-state index >= 15 is 0 Å². The van der Waals surface area contributed by atoms with Crippen molar-refractivity contribution in [2.45, 2.75) is 31.6 Å². The molecule has 1 fully saturated rings. The van der Waals surface area contributed by atoms with Crippen LogP contribution in [0.5, 0.6) is 0 Å². The predicted octanol–water partition coefficient (Wildman–Crippen LogP) is 4.23. The normalized spacial score (nSPS) is 15.4. The van der Waals surface area contributed by atoms with Gasteiger partial charge in [0.1, 0.15) is 23.3 Å². The van der Waals surface area contributed by atoms with Crippen LogP contribution in [0.4, 0.5) is 43.9 Å². The van der Waals surface area contributed by atoms with Crippen LogP contribution < -0.4 is 15.8 Å². The van der Waals surface area contributed by atoms with Gasteiger partial charge in [0.15, 0.2) is 34.9 Å². The van der Waals surface area contributed by atoms with Crippen molar-refractivity contribution in [1.29, 1.82) is 0 Å². The molecule has 0 aliphatic carbocycles. The SMILES string of the molecule is Fc1c(F)c(F)c([BH-](C[C@@H](c2ccccc2)[NH+]2CCCCC2)c2c(F)c(F)c(F)c(F)c2F)c(F)c1F. The van der Waals surface area contributed by atoms with Gasteiger partial charge in [-0.25, -0.2) is 43.9 Å². The Morgan fingerprint density at radius 1 is 0.541 bits per heavy atom. The van der Waals surface area contributed by atoms with Crippen LogP contribution in [0.1, 0.15) is 30.9 Å². The van der Waals surface area contributed by atoms with E-state index in [1.165, 1.54) is 0 Å². The van der Waals surface area contributed by atoms with Crippen molar-refractivity contribution in [3.63, 3.8) is 0 Å². The number of rotatable bonds is 6. The Morgan fingerprint density at radius 2 is 0.919 bits per heavy atom. The number of hydrogen-bond donors (Lipinski definition) is 1. The summed E-state index contributed by atoms with van der Waals surface area (Å²) in [6.45, 7) is -2.56. The highest BCUT2D eigenvalue weighted by molar-refractivity contribution is 6.85. The maximum atomic E-state index is 15.0. The Kier molecular flexibility index (Phi) is 7.87. The fourth-order valence-electron chi connectivity index (χ4n) is 5.45. The van der Waals surface area contributed by atoms with Crippen molar-refractivity contribution in [1.82, 2.24) is 0 Å². The van der Waals surface area contributed by atoms with Gasteiger partial charge in [0, 0.05) is 5.56 Å². The number of likely N-dealkylation sites (tertiary alicyclic amines) is 1. The highest BCUT2D eigenvalue weighted by atomic mass is 19.2. The first-order chi connectivity index (χ1) is 17.6. The van der Waals surface area contributed by atoms with E-state index in [1.54, 1.807) is 30.3 Å². The molecular formula is C25H20BF10N. The third kappa shape index (κ3) is 4.83. The van der Waals surface area contributed by atoms with Crippen molar-refractivity contribution in [3.05, 3.63) is 94.1 Å². The quantitative estimate of drug-likeness (QED) is 0.209. The van der Waals surface area contributed by atoms with Gasteiger partial charge in [0.05, 0.1) is 25.8 Å². The summed E-state index contributed by atoms with van der Waals surface area (Å²) in [5, 5.41) is 0. The molecule has 0 saturated carbocycles. The molecule has 1 nitrogen and oxygen atoms in total. The minimum atomic E-state index is -3.59. The van der Waals surface area contributed by atoms with Crippen LogP contribution in [0.15, 0.2) is 30.3 Å². The lowest BCUT2D eigenvalue weighted by Crippen LogP contribution is -3.13. The molecule has 0 unspecified atom stereocenters. The molecule has 37 heavy (non-hydrogen) atoms. The average Bonchev–Trinajstić information content (AvgIpc) is 2.92. The fourth-order valence-corrected chi connectivity index (χ4v) is 5.45. The van der Waals surface area contributed by atoms with Gasteiger partial charge < -0.3 is 4.90 Å². The van der Waals surface area contributed by atoms with Crippen LogP contribution in [-0.4, -0.2) is 19.8 Å². The molecule has 3 aromatic carbocycles.